The lowest BCUT2D eigenvalue weighted by atomic mass is 9.94. The van der Waals surface area contributed by atoms with Gasteiger partial charge in [0.15, 0.2) is 0 Å². The van der Waals surface area contributed by atoms with Crippen LogP contribution in [-0.2, 0) is 0 Å². The first-order chi connectivity index (χ1) is 13.4. The van der Waals surface area contributed by atoms with E-state index in [1.165, 1.54) is 0 Å². The smallest absolute Gasteiger partial charge is 0.261 e. The van der Waals surface area contributed by atoms with Gasteiger partial charge in [0.05, 0.1) is 0 Å². The Morgan fingerprint density at radius 3 is 2.46 bits per heavy atom. The number of H-pyrrole nitrogens is 1. The number of piperidine rings is 1. The van der Waals surface area contributed by atoms with E-state index in [1.54, 1.807) is 6.92 Å². The Labute approximate surface area is 164 Å². The van der Waals surface area contributed by atoms with Crippen LogP contribution in [0.4, 0.5) is 0 Å². The van der Waals surface area contributed by atoms with Gasteiger partial charge >= 0.3 is 0 Å². The molecule has 0 saturated carbocycles. The molecule has 3 fully saturated rings. The summed E-state index contributed by atoms with van der Waals surface area (Å²) in [4.78, 5) is 45.0. The maximum atomic E-state index is 13.2. The van der Waals surface area contributed by atoms with Gasteiger partial charge in [-0.1, -0.05) is 18.2 Å². The third-order valence-electron chi connectivity index (χ3n) is 5.86. The molecule has 2 aromatic rings. The average Bonchev–Trinajstić information content (AvgIpc) is 2.99. The largest absolute Gasteiger partial charge is 0.336 e. The SMILES string of the molecule is Cc1cc(C)c(C(=O)N2C[C@H]3CC[C@@H]2CN(C(=O)c2ccccc2)C3)c(=O)[nH]1. The number of carbonyl (C=O) groups excluding carboxylic acids is 2. The second-order valence-corrected chi connectivity index (χ2v) is 7.97. The standard InChI is InChI=1S/C22H25N3O3/c1-14-10-15(2)23-20(26)19(14)22(28)25-12-16-8-9-18(25)13-24(11-16)21(27)17-6-4-3-5-7-17/h3-7,10,16,18H,8-9,11-13H2,1-2H3,(H,23,26)/t16-,18+/m0/s1. The maximum absolute atomic E-state index is 13.2. The topological polar surface area (TPSA) is 73.5 Å². The molecule has 3 aliphatic rings. The molecule has 3 aliphatic heterocycles. The van der Waals surface area contributed by atoms with Crippen molar-refractivity contribution in [1.29, 1.82) is 0 Å². The van der Waals surface area contributed by atoms with Gasteiger partial charge in [-0.05, 0) is 56.4 Å². The molecular formula is C22H25N3O3. The van der Waals surface area contributed by atoms with Gasteiger partial charge in [-0.25, -0.2) is 0 Å². The number of hydrogen-bond donors (Lipinski definition) is 1. The van der Waals surface area contributed by atoms with Gasteiger partial charge in [0.1, 0.15) is 5.56 Å². The number of nitrogens with zero attached hydrogens (tertiary/aromatic N) is 2. The average molecular weight is 379 g/mol. The molecule has 4 heterocycles. The van der Waals surface area contributed by atoms with E-state index in [4.69, 9.17) is 0 Å². The van der Waals surface area contributed by atoms with Crippen molar-refractivity contribution >= 4 is 11.8 Å². The Balaban J connectivity index is 1.60. The van der Waals surface area contributed by atoms with Crippen molar-refractivity contribution in [2.24, 2.45) is 5.92 Å². The summed E-state index contributed by atoms with van der Waals surface area (Å²) in [5.74, 6) is 0.0267. The molecule has 6 nitrogen and oxygen atoms in total. The van der Waals surface area contributed by atoms with Crippen LogP contribution in [0.15, 0.2) is 41.2 Å². The predicted molar refractivity (Wildman–Crippen MR) is 106 cm³/mol. The fraction of sp³-hybridized carbons (Fsp3) is 0.409. The summed E-state index contributed by atoms with van der Waals surface area (Å²) >= 11 is 0. The Hall–Kier alpha value is -2.89. The van der Waals surface area contributed by atoms with Crippen LogP contribution < -0.4 is 5.56 Å². The second kappa shape index (κ2) is 7.26. The minimum absolute atomic E-state index is 0.0103. The van der Waals surface area contributed by atoms with E-state index in [1.807, 2.05) is 53.1 Å². The Kier molecular flexibility index (Phi) is 4.79. The van der Waals surface area contributed by atoms with Crippen LogP contribution in [0, 0.1) is 19.8 Å². The van der Waals surface area contributed by atoms with Crippen molar-refractivity contribution in [2.45, 2.75) is 32.7 Å². The third kappa shape index (κ3) is 3.35. The molecular weight excluding hydrogens is 354 g/mol. The Morgan fingerprint density at radius 2 is 1.75 bits per heavy atom. The van der Waals surface area contributed by atoms with E-state index in [0.717, 1.165) is 18.5 Å². The van der Waals surface area contributed by atoms with E-state index in [0.29, 0.717) is 30.8 Å². The number of pyridine rings is 1. The normalized spacial score (nSPS) is 21.5. The van der Waals surface area contributed by atoms with Crippen LogP contribution in [0.5, 0.6) is 0 Å². The number of rotatable bonds is 2. The fourth-order valence-corrected chi connectivity index (χ4v) is 4.52. The summed E-state index contributed by atoms with van der Waals surface area (Å²) in [6, 6.07) is 11.0. The van der Waals surface area contributed by atoms with Gasteiger partial charge in [0.2, 0.25) is 0 Å². The van der Waals surface area contributed by atoms with Crippen molar-refractivity contribution in [3.63, 3.8) is 0 Å². The molecule has 1 aromatic carbocycles. The summed E-state index contributed by atoms with van der Waals surface area (Å²) in [6.45, 7) is 5.37. The number of nitrogens with one attached hydrogen (secondary N) is 1. The van der Waals surface area contributed by atoms with Crippen LogP contribution in [0.25, 0.3) is 0 Å². The minimum atomic E-state index is -0.333. The van der Waals surface area contributed by atoms with Gasteiger partial charge in [-0.2, -0.15) is 0 Å². The molecule has 2 amide bonds. The first-order valence-electron chi connectivity index (χ1n) is 9.80. The summed E-state index contributed by atoms with van der Waals surface area (Å²) < 4.78 is 0. The first kappa shape index (κ1) is 18.5. The fourth-order valence-electron chi connectivity index (χ4n) is 4.52. The molecule has 6 heteroatoms. The number of benzene rings is 1. The van der Waals surface area contributed by atoms with Crippen LogP contribution in [-0.4, -0.2) is 52.3 Å². The molecule has 2 bridgehead atoms. The molecule has 0 radical (unpaired) electrons. The molecule has 2 atom stereocenters. The van der Waals surface area contributed by atoms with Gasteiger partial charge in [0.25, 0.3) is 17.4 Å². The number of carbonyl (C=O) groups is 2. The zero-order valence-electron chi connectivity index (χ0n) is 16.3. The van der Waals surface area contributed by atoms with Crippen molar-refractivity contribution in [3.8, 4) is 0 Å². The monoisotopic (exact) mass is 379 g/mol. The zero-order valence-corrected chi connectivity index (χ0v) is 16.3. The summed E-state index contributed by atoms with van der Waals surface area (Å²) in [5, 5.41) is 0. The molecule has 3 saturated heterocycles. The highest BCUT2D eigenvalue weighted by Crippen LogP contribution is 2.30. The lowest BCUT2D eigenvalue weighted by molar-refractivity contribution is 0.0572. The van der Waals surface area contributed by atoms with Crippen molar-refractivity contribution in [2.75, 3.05) is 19.6 Å². The van der Waals surface area contributed by atoms with Crippen molar-refractivity contribution < 1.29 is 9.59 Å². The lowest BCUT2D eigenvalue weighted by Crippen LogP contribution is -2.49. The molecule has 1 N–H and O–H groups in total. The van der Waals surface area contributed by atoms with Crippen LogP contribution in [0.1, 0.15) is 44.8 Å². The molecule has 146 valence electrons. The summed E-state index contributed by atoms with van der Waals surface area (Å²) in [6.07, 6.45) is 1.86. The molecule has 5 rings (SSSR count). The quantitative estimate of drug-likeness (QED) is 0.871. The number of fused-ring (bicyclic) bond motifs is 4. The van der Waals surface area contributed by atoms with E-state index < -0.39 is 0 Å². The van der Waals surface area contributed by atoms with Crippen molar-refractivity contribution in [3.05, 3.63) is 69.1 Å². The minimum Gasteiger partial charge on any atom is -0.336 e. The van der Waals surface area contributed by atoms with Crippen LogP contribution in [0.3, 0.4) is 0 Å². The summed E-state index contributed by atoms with van der Waals surface area (Å²) in [5.41, 5.74) is 2.01. The zero-order chi connectivity index (χ0) is 19.8. The molecule has 0 spiro atoms. The van der Waals surface area contributed by atoms with E-state index in [2.05, 4.69) is 4.98 Å². The number of hydrogen-bond acceptors (Lipinski definition) is 3. The second-order valence-electron chi connectivity index (χ2n) is 7.97. The van der Waals surface area contributed by atoms with E-state index in [9.17, 15) is 14.4 Å². The highest BCUT2D eigenvalue weighted by molar-refractivity contribution is 5.96. The van der Waals surface area contributed by atoms with Gasteiger partial charge < -0.3 is 14.8 Å². The first-order valence-corrected chi connectivity index (χ1v) is 9.80. The summed E-state index contributed by atoms with van der Waals surface area (Å²) in [7, 11) is 0. The number of aromatic nitrogens is 1. The predicted octanol–water partition coefficient (Wildman–Crippen LogP) is 2.37. The third-order valence-corrected chi connectivity index (χ3v) is 5.86. The lowest BCUT2D eigenvalue weighted by Gasteiger charge is -2.36. The Morgan fingerprint density at radius 1 is 1.00 bits per heavy atom. The molecule has 0 aliphatic carbocycles. The number of amides is 2. The molecule has 1 aromatic heterocycles. The number of aryl methyl sites for hydroxylation is 2. The maximum Gasteiger partial charge on any atom is 0.261 e. The van der Waals surface area contributed by atoms with Crippen LogP contribution in [0.2, 0.25) is 0 Å². The molecule has 28 heavy (non-hydrogen) atoms. The highest BCUT2D eigenvalue weighted by atomic mass is 16.2. The van der Waals surface area contributed by atoms with Gasteiger partial charge in [-0.15, -0.1) is 0 Å². The number of aromatic amines is 1. The van der Waals surface area contributed by atoms with E-state index >= 15 is 0 Å². The van der Waals surface area contributed by atoms with Crippen LogP contribution >= 0.6 is 0 Å². The van der Waals surface area contributed by atoms with Crippen molar-refractivity contribution in [1.82, 2.24) is 14.8 Å². The van der Waals surface area contributed by atoms with Gasteiger partial charge in [-0.3, -0.25) is 14.4 Å². The molecule has 0 unspecified atom stereocenters. The Bertz CT molecular complexity index is 967. The van der Waals surface area contributed by atoms with E-state index in [-0.39, 0.29) is 34.9 Å². The van der Waals surface area contributed by atoms with Gasteiger partial charge in [0, 0.05) is 36.9 Å². The highest BCUT2D eigenvalue weighted by Gasteiger charge is 2.39.